The molecular weight excluding hydrogens is 335 g/mol. The van der Waals surface area contributed by atoms with Crippen molar-refractivity contribution in [2.24, 2.45) is 0 Å². The van der Waals surface area contributed by atoms with E-state index in [1.165, 1.54) is 0 Å². The molecule has 0 saturated carbocycles. The summed E-state index contributed by atoms with van der Waals surface area (Å²) in [5, 5.41) is 49.8. The lowest BCUT2D eigenvalue weighted by Crippen LogP contribution is -2.58. The van der Waals surface area contributed by atoms with Gasteiger partial charge in [-0.25, -0.2) is 4.39 Å². The predicted molar refractivity (Wildman–Crippen MR) is 73.0 cm³/mol. The summed E-state index contributed by atoms with van der Waals surface area (Å²) < 4.78 is 23.9. The quantitative estimate of drug-likeness (QED) is 0.476. The van der Waals surface area contributed by atoms with Crippen LogP contribution in [0, 0.1) is 20.2 Å². The van der Waals surface area contributed by atoms with Gasteiger partial charge in [0.15, 0.2) is 6.17 Å². The van der Waals surface area contributed by atoms with Gasteiger partial charge >= 0.3 is 5.69 Å². The summed E-state index contributed by atoms with van der Waals surface area (Å²) in [5.74, 6) is -0.529. The number of benzene rings is 1. The van der Waals surface area contributed by atoms with E-state index in [4.69, 9.17) is 14.6 Å². The molecule has 0 aliphatic carbocycles. The van der Waals surface area contributed by atoms with Crippen LogP contribution in [0.2, 0.25) is 0 Å². The van der Waals surface area contributed by atoms with Crippen LogP contribution in [0.25, 0.3) is 0 Å². The van der Waals surface area contributed by atoms with Crippen LogP contribution in [-0.4, -0.2) is 62.5 Å². The van der Waals surface area contributed by atoms with Gasteiger partial charge in [-0.05, 0) is 6.07 Å². The molecule has 24 heavy (non-hydrogen) atoms. The van der Waals surface area contributed by atoms with Crippen LogP contribution in [0.4, 0.5) is 15.8 Å². The van der Waals surface area contributed by atoms with Crippen LogP contribution in [0.3, 0.4) is 0 Å². The molecule has 2 rings (SSSR count). The maximum Gasteiger partial charge on any atom is 0.317 e. The summed E-state index contributed by atoms with van der Waals surface area (Å²) >= 11 is 0. The number of aliphatic hydroxyl groups excluding tert-OH is 3. The smallest absolute Gasteiger partial charge is 0.317 e. The maximum atomic E-state index is 14.0. The third-order valence-corrected chi connectivity index (χ3v) is 3.40. The van der Waals surface area contributed by atoms with Gasteiger partial charge in [0.2, 0.25) is 12.0 Å². The molecule has 5 atom stereocenters. The van der Waals surface area contributed by atoms with Gasteiger partial charge in [-0.2, -0.15) is 0 Å². The van der Waals surface area contributed by atoms with E-state index in [-0.39, 0.29) is 0 Å². The fourth-order valence-corrected chi connectivity index (χ4v) is 2.13. The Kier molecular flexibility index (Phi) is 5.23. The number of non-ortho nitro benzene ring substituents is 1. The second kappa shape index (κ2) is 7.00. The molecule has 0 radical (unpaired) electrons. The molecule has 1 heterocycles. The van der Waals surface area contributed by atoms with Crippen molar-refractivity contribution >= 4 is 11.4 Å². The second-order valence-electron chi connectivity index (χ2n) is 4.94. The van der Waals surface area contributed by atoms with E-state index in [1.54, 1.807) is 0 Å². The van der Waals surface area contributed by atoms with Crippen molar-refractivity contribution in [2.45, 2.75) is 30.8 Å². The summed E-state index contributed by atoms with van der Waals surface area (Å²) in [7, 11) is 0. The largest absolute Gasteiger partial charge is 0.454 e. The van der Waals surface area contributed by atoms with Gasteiger partial charge in [0.05, 0.1) is 22.5 Å². The first-order valence-electron chi connectivity index (χ1n) is 6.62. The molecule has 12 heteroatoms. The molecule has 1 unspecified atom stereocenters. The van der Waals surface area contributed by atoms with E-state index < -0.39 is 64.4 Å². The standard InChI is InChI=1S/C12H13FN2O9/c13-9-11(18)10(17)8(4-16)24-12(9)23-7-2-1-5(14(19)20)3-6(7)15(21)22/h1-3,8-12,16-18H,4H2/t8-,9-,10-,11-,12?/m1/s1. The number of nitrogens with zero attached hydrogens (tertiary/aromatic N) is 2. The fourth-order valence-electron chi connectivity index (χ4n) is 2.13. The molecule has 0 aromatic heterocycles. The molecule has 1 aromatic carbocycles. The Morgan fingerprint density at radius 3 is 2.42 bits per heavy atom. The molecule has 11 nitrogen and oxygen atoms in total. The summed E-state index contributed by atoms with van der Waals surface area (Å²) in [6.45, 7) is -0.757. The second-order valence-corrected chi connectivity index (χ2v) is 4.94. The van der Waals surface area contributed by atoms with Crippen molar-refractivity contribution in [3.05, 3.63) is 38.4 Å². The summed E-state index contributed by atoms with van der Waals surface area (Å²) in [6, 6.07) is 2.42. The van der Waals surface area contributed by atoms with Crippen molar-refractivity contribution in [2.75, 3.05) is 6.61 Å². The Hall–Kier alpha value is -2.41. The van der Waals surface area contributed by atoms with Crippen LogP contribution in [0.5, 0.6) is 5.75 Å². The Bertz CT molecular complexity index is 641. The topological polar surface area (TPSA) is 165 Å². The lowest BCUT2D eigenvalue weighted by Gasteiger charge is -2.38. The zero-order chi connectivity index (χ0) is 18.0. The Labute approximate surface area is 133 Å². The maximum absolute atomic E-state index is 14.0. The number of hydrogen-bond acceptors (Lipinski definition) is 9. The number of ether oxygens (including phenoxy) is 2. The van der Waals surface area contributed by atoms with E-state index in [9.17, 15) is 34.8 Å². The minimum atomic E-state index is -2.27. The molecule has 132 valence electrons. The predicted octanol–water partition coefficient (Wildman–Crippen LogP) is -0.341. The molecule has 1 fully saturated rings. The van der Waals surface area contributed by atoms with Crippen LogP contribution in [-0.2, 0) is 4.74 Å². The highest BCUT2D eigenvalue weighted by Gasteiger charge is 2.46. The van der Waals surface area contributed by atoms with Crippen molar-refractivity contribution in [1.82, 2.24) is 0 Å². The monoisotopic (exact) mass is 348 g/mol. The Morgan fingerprint density at radius 2 is 1.88 bits per heavy atom. The van der Waals surface area contributed by atoms with Crippen molar-refractivity contribution in [3.8, 4) is 5.75 Å². The minimum Gasteiger partial charge on any atom is -0.454 e. The molecule has 3 N–H and O–H groups in total. The van der Waals surface area contributed by atoms with E-state index in [1.807, 2.05) is 0 Å². The van der Waals surface area contributed by atoms with Crippen LogP contribution in [0.15, 0.2) is 18.2 Å². The first kappa shape index (κ1) is 17.9. The SMILES string of the molecule is O=[N+]([O-])c1ccc(OC2O[C@H](CO)[C@@H](O)[C@H](O)[C@H]2F)c([N+](=O)[O-])c1. The van der Waals surface area contributed by atoms with Gasteiger partial charge in [-0.1, -0.05) is 0 Å². The van der Waals surface area contributed by atoms with Crippen molar-refractivity contribution < 1.29 is 39.0 Å². The number of halogens is 1. The molecule has 0 bridgehead atoms. The number of nitro groups is 2. The average molecular weight is 348 g/mol. The van der Waals surface area contributed by atoms with Crippen LogP contribution >= 0.6 is 0 Å². The lowest BCUT2D eigenvalue weighted by atomic mass is 10.0. The third-order valence-electron chi connectivity index (χ3n) is 3.40. The number of rotatable bonds is 5. The number of hydrogen-bond donors (Lipinski definition) is 3. The highest BCUT2D eigenvalue weighted by atomic mass is 19.1. The highest BCUT2D eigenvalue weighted by molar-refractivity contribution is 5.53. The average Bonchev–Trinajstić information content (AvgIpc) is 2.55. The molecular formula is C12H13FN2O9. The molecule has 0 spiro atoms. The van der Waals surface area contributed by atoms with Gasteiger partial charge in [-0.3, -0.25) is 20.2 Å². The molecule has 1 aliphatic rings. The van der Waals surface area contributed by atoms with Gasteiger partial charge in [0.25, 0.3) is 5.69 Å². The zero-order valence-electron chi connectivity index (χ0n) is 11.9. The first-order valence-corrected chi connectivity index (χ1v) is 6.62. The van der Waals surface area contributed by atoms with E-state index in [0.717, 1.165) is 12.1 Å². The van der Waals surface area contributed by atoms with Gasteiger partial charge in [0, 0.05) is 6.07 Å². The molecule has 1 saturated heterocycles. The third kappa shape index (κ3) is 3.41. The van der Waals surface area contributed by atoms with E-state index >= 15 is 0 Å². The fraction of sp³-hybridized carbons (Fsp3) is 0.500. The zero-order valence-corrected chi connectivity index (χ0v) is 11.9. The van der Waals surface area contributed by atoms with E-state index in [0.29, 0.717) is 6.07 Å². The minimum absolute atomic E-state index is 0.529. The number of aliphatic hydroxyl groups is 3. The highest BCUT2D eigenvalue weighted by Crippen LogP contribution is 2.34. The lowest BCUT2D eigenvalue weighted by molar-refractivity contribution is -0.395. The first-order chi connectivity index (χ1) is 11.3. The van der Waals surface area contributed by atoms with Gasteiger partial charge < -0.3 is 24.8 Å². The Balaban J connectivity index is 2.29. The van der Waals surface area contributed by atoms with Crippen molar-refractivity contribution in [1.29, 1.82) is 0 Å². The van der Waals surface area contributed by atoms with Crippen LogP contribution in [0.1, 0.15) is 0 Å². The number of nitro benzene ring substituents is 2. The van der Waals surface area contributed by atoms with E-state index in [2.05, 4.69) is 0 Å². The normalized spacial score (nSPS) is 29.9. The molecule has 1 aliphatic heterocycles. The van der Waals surface area contributed by atoms with Crippen molar-refractivity contribution in [3.63, 3.8) is 0 Å². The van der Waals surface area contributed by atoms with Crippen LogP contribution < -0.4 is 4.74 Å². The molecule has 0 amide bonds. The number of alkyl halides is 1. The summed E-state index contributed by atoms with van der Waals surface area (Å²) in [6.07, 6.45) is -9.15. The summed E-state index contributed by atoms with van der Waals surface area (Å²) in [5.41, 5.74) is -1.37. The van der Waals surface area contributed by atoms with Gasteiger partial charge in [-0.15, -0.1) is 0 Å². The molecule has 1 aromatic rings. The Morgan fingerprint density at radius 1 is 1.21 bits per heavy atom. The summed E-state index contributed by atoms with van der Waals surface area (Å²) in [4.78, 5) is 19.8. The van der Waals surface area contributed by atoms with Gasteiger partial charge in [0.1, 0.15) is 18.3 Å².